The predicted molar refractivity (Wildman–Crippen MR) is 85.0 cm³/mol. The van der Waals surface area contributed by atoms with E-state index in [1.807, 2.05) is 0 Å². The first-order valence-corrected chi connectivity index (χ1v) is 6.76. The van der Waals surface area contributed by atoms with Crippen LogP contribution in [0.2, 0.25) is 10.0 Å². The van der Waals surface area contributed by atoms with Crippen LogP contribution >= 0.6 is 23.2 Å². The summed E-state index contributed by atoms with van der Waals surface area (Å²) >= 11 is 11.4. The largest absolute Gasteiger partial charge is 0.307 e. The second kappa shape index (κ2) is 7.02. The molecule has 0 aliphatic heterocycles. The molecule has 0 unspecified atom stereocenters. The minimum absolute atomic E-state index is 0.0389. The highest BCUT2D eigenvalue weighted by Crippen LogP contribution is 2.25. The van der Waals surface area contributed by atoms with Gasteiger partial charge in [-0.05, 0) is 29.8 Å². The lowest BCUT2D eigenvalue weighted by Crippen LogP contribution is -2.08. The maximum absolute atomic E-state index is 11.7. The van der Waals surface area contributed by atoms with Crippen LogP contribution in [0, 0.1) is 10.1 Å². The van der Waals surface area contributed by atoms with Crippen molar-refractivity contribution in [2.45, 2.75) is 0 Å². The van der Waals surface area contributed by atoms with Crippen molar-refractivity contribution in [3.8, 4) is 0 Å². The molecule has 0 aliphatic rings. The number of pyridine rings is 1. The molecule has 1 N–H and O–H groups in total. The fourth-order valence-corrected chi connectivity index (χ4v) is 1.86. The van der Waals surface area contributed by atoms with Gasteiger partial charge in [0.2, 0.25) is 5.91 Å². The molecule has 1 heterocycles. The van der Waals surface area contributed by atoms with E-state index in [2.05, 4.69) is 10.3 Å². The maximum Gasteiger partial charge on any atom is 0.288 e. The van der Waals surface area contributed by atoms with Gasteiger partial charge in [-0.2, -0.15) is 0 Å². The Balaban J connectivity index is 2.08. The third-order valence-electron chi connectivity index (χ3n) is 2.57. The number of carbonyl (C=O) groups excluding carboxylic acids is 1. The van der Waals surface area contributed by atoms with Gasteiger partial charge in [-0.1, -0.05) is 29.3 Å². The average Bonchev–Trinajstić information content (AvgIpc) is 2.48. The topological polar surface area (TPSA) is 85.1 Å². The summed E-state index contributed by atoms with van der Waals surface area (Å²) in [4.78, 5) is 25.8. The molecule has 22 heavy (non-hydrogen) atoms. The summed E-state index contributed by atoms with van der Waals surface area (Å²) in [5, 5.41) is 13.8. The van der Waals surface area contributed by atoms with Crippen molar-refractivity contribution in [3.63, 3.8) is 0 Å². The van der Waals surface area contributed by atoms with Crippen molar-refractivity contribution in [3.05, 3.63) is 68.3 Å². The molecule has 0 saturated carbocycles. The summed E-state index contributed by atoms with van der Waals surface area (Å²) in [6.07, 6.45) is 4.08. The number of hydrogen-bond donors (Lipinski definition) is 1. The minimum atomic E-state index is -0.586. The van der Waals surface area contributed by atoms with Crippen molar-refractivity contribution in [1.82, 2.24) is 4.98 Å². The predicted octanol–water partition coefficient (Wildman–Crippen LogP) is 3.95. The number of nitrogens with one attached hydrogen (secondary N) is 1. The van der Waals surface area contributed by atoms with E-state index < -0.39 is 10.8 Å². The molecule has 0 aliphatic carbocycles. The third-order valence-corrected chi connectivity index (χ3v) is 3.12. The Hall–Kier alpha value is -2.44. The van der Waals surface area contributed by atoms with Crippen LogP contribution in [-0.2, 0) is 4.79 Å². The molecule has 112 valence electrons. The molecule has 0 saturated heterocycles. The Kier molecular flexibility index (Phi) is 5.08. The molecule has 0 bridgehead atoms. The Morgan fingerprint density at radius 3 is 2.68 bits per heavy atom. The van der Waals surface area contributed by atoms with E-state index in [-0.39, 0.29) is 10.7 Å². The number of carbonyl (C=O) groups is 1. The molecular formula is C14H9Cl2N3O3. The van der Waals surface area contributed by atoms with Crippen LogP contribution in [0.1, 0.15) is 5.56 Å². The van der Waals surface area contributed by atoms with E-state index in [4.69, 9.17) is 23.2 Å². The van der Waals surface area contributed by atoms with E-state index in [0.717, 1.165) is 0 Å². The number of aromatic nitrogens is 1. The Morgan fingerprint density at radius 2 is 2.05 bits per heavy atom. The minimum Gasteiger partial charge on any atom is -0.307 e. The van der Waals surface area contributed by atoms with Crippen LogP contribution in [0.5, 0.6) is 0 Å². The summed E-state index contributed by atoms with van der Waals surface area (Å²) in [7, 11) is 0. The number of anilines is 1. The Bertz CT molecular complexity index is 745. The molecule has 1 aromatic heterocycles. The molecule has 1 amide bonds. The molecule has 2 rings (SSSR count). The highest BCUT2D eigenvalue weighted by molar-refractivity contribution is 6.32. The zero-order valence-electron chi connectivity index (χ0n) is 11.0. The maximum atomic E-state index is 11.7. The van der Waals surface area contributed by atoms with E-state index in [1.54, 1.807) is 18.2 Å². The molecule has 0 spiro atoms. The number of benzene rings is 1. The van der Waals surface area contributed by atoms with E-state index in [9.17, 15) is 14.9 Å². The first kappa shape index (κ1) is 15.9. The molecule has 6 nitrogen and oxygen atoms in total. The van der Waals surface area contributed by atoms with Crippen LogP contribution in [0.25, 0.3) is 6.08 Å². The van der Waals surface area contributed by atoms with Gasteiger partial charge >= 0.3 is 0 Å². The monoisotopic (exact) mass is 337 g/mol. The molecule has 8 heteroatoms. The van der Waals surface area contributed by atoms with Gasteiger partial charge in [0.25, 0.3) is 5.69 Å². The van der Waals surface area contributed by atoms with Crippen LogP contribution in [0.4, 0.5) is 11.5 Å². The number of nitro benzene ring substituents is 1. The number of rotatable bonds is 4. The lowest BCUT2D eigenvalue weighted by Gasteiger charge is -2.01. The van der Waals surface area contributed by atoms with Gasteiger partial charge in [-0.25, -0.2) is 4.98 Å². The van der Waals surface area contributed by atoms with Crippen molar-refractivity contribution >= 4 is 46.7 Å². The standard InChI is InChI=1S/C14H9Cl2N3O3/c15-10-3-5-13(17-8-10)18-14(20)6-2-9-1-4-11(16)12(7-9)19(21)22/h1-8H,(H,17,18,20)/b6-2+. The third kappa shape index (κ3) is 4.28. The SMILES string of the molecule is O=C(/C=C/c1ccc(Cl)c([N+](=O)[O-])c1)Nc1ccc(Cl)cn1. The highest BCUT2D eigenvalue weighted by Gasteiger charge is 2.11. The highest BCUT2D eigenvalue weighted by atomic mass is 35.5. The van der Waals surface area contributed by atoms with Crippen LogP contribution in [0.3, 0.4) is 0 Å². The first-order chi connectivity index (χ1) is 10.5. The van der Waals surface area contributed by atoms with Crippen LogP contribution < -0.4 is 5.32 Å². The number of amides is 1. The molecule has 2 aromatic rings. The van der Waals surface area contributed by atoms with E-state index in [1.165, 1.54) is 30.5 Å². The van der Waals surface area contributed by atoms with Crippen molar-refractivity contribution in [2.75, 3.05) is 5.32 Å². The van der Waals surface area contributed by atoms with Crippen molar-refractivity contribution in [1.29, 1.82) is 0 Å². The molecular weight excluding hydrogens is 329 g/mol. The normalized spacial score (nSPS) is 10.6. The van der Waals surface area contributed by atoms with Gasteiger partial charge < -0.3 is 5.32 Å². The van der Waals surface area contributed by atoms with E-state index >= 15 is 0 Å². The first-order valence-electron chi connectivity index (χ1n) is 6.00. The van der Waals surface area contributed by atoms with Crippen molar-refractivity contribution < 1.29 is 9.72 Å². The smallest absolute Gasteiger partial charge is 0.288 e. The molecule has 0 radical (unpaired) electrons. The lowest BCUT2D eigenvalue weighted by molar-refractivity contribution is -0.384. The zero-order valence-corrected chi connectivity index (χ0v) is 12.5. The lowest BCUT2D eigenvalue weighted by atomic mass is 10.2. The number of hydrogen-bond acceptors (Lipinski definition) is 4. The number of nitro groups is 1. The van der Waals surface area contributed by atoms with Gasteiger partial charge in [-0.3, -0.25) is 14.9 Å². The summed E-state index contributed by atoms with van der Waals surface area (Å²) < 4.78 is 0. The van der Waals surface area contributed by atoms with Crippen LogP contribution in [-0.4, -0.2) is 15.8 Å². The van der Waals surface area contributed by atoms with Gasteiger partial charge in [-0.15, -0.1) is 0 Å². The summed E-state index contributed by atoms with van der Waals surface area (Å²) in [6.45, 7) is 0. The molecule has 1 aromatic carbocycles. The summed E-state index contributed by atoms with van der Waals surface area (Å²) in [5.41, 5.74) is 0.263. The quantitative estimate of drug-likeness (QED) is 0.520. The van der Waals surface area contributed by atoms with Gasteiger partial charge in [0.05, 0.1) is 9.95 Å². The second-order valence-corrected chi connectivity index (χ2v) is 5.00. The molecule has 0 fully saturated rings. The summed E-state index contributed by atoms with van der Waals surface area (Å²) in [6, 6.07) is 7.40. The summed E-state index contributed by atoms with van der Waals surface area (Å²) in [5.74, 6) is -0.0754. The zero-order chi connectivity index (χ0) is 16.1. The van der Waals surface area contributed by atoms with Gasteiger partial charge in [0.1, 0.15) is 10.8 Å². The number of nitrogens with zero attached hydrogens (tertiary/aromatic N) is 2. The fraction of sp³-hybridized carbons (Fsp3) is 0. The average molecular weight is 338 g/mol. The Morgan fingerprint density at radius 1 is 1.27 bits per heavy atom. The number of halogens is 2. The fourth-order valence-electron chi connectivity index (χ4n) is 1.56. The van der Waals surface area contributed by atoms with Gasteiger partial charge in [0, 0.05) is 18.3 Å². The second-order valence-electron chi connectivity index (χ2n) is 4.15. The Labute approximate surface area is 135 Å². The van der Waals surface area contributed by atoms with E-state index in [0.29, 0.717) is 16.4 Å². The molecule has 0 atom stereocenters. The van der Waals surface area contributed by atoms with Crippen molar-refractivity contribution in [2.24, 2.45) is 0 Å². The van der Waals surface area contributed by atoms with Crippen LogP contribution in [0.15, 0.2) is 42.6 Å². The van der Waals surface area contributed by atoms with Gasteiger partial charge in [0.15, 0.2) is 0 Å².